The second-order valence-electron chi connectivity index (χ2n) is 6.73. The highest BCUT2D eigenvalue weighted by molar-refractivity contribution is 6.09. The van der Waals surface area contributed by atoms with Crippen LogP contribution in [0.5, 0.6) is 0 Å². The second-order valence-corrected chi connectivity index (χ2v) is 6.73. The van der Waals surface area contributed by atoms with Gasteiger partial charge in [-0.05, 0) is 31.5 Å². The van der Waals surface area contributed by atoms with Gasteiger partial charge < -0.3 is 14.2 Å². The maximum Gasteiger partial charge on any atom is 0.433 e. The van der Waals surface area contributed by atoms with E-state index in [2.05, 4.69) is 10.7 Å². The van der Waals surface area contributed by atoms with Crippen molar-refractivity contribution < 1.29 is 28.6 Å². The SMILES string of the molecule is CCOC(=O)NN(C(=O)OCC)c1ccc(NC(=O)OCc2ccccc2)c2ccccc12. The van der Waals surface area contributed by atoms with Crippen LogP contribution in [0, 0.1) is 0 Å². The Kier molecular flexibility index (Phi) is 8.07. The van der Waals surface area contributed by atoms with E-state index < -0.39 is 18.3 Å². The molecule has 3 aromatic rings. The van der Waals surface area contributed by atoms with Crippen LogP contribution in [0.4, 0.5) is 25.8 Å². The number of ether oxygens (including phenoxy) is 3. The maximum atomic E-state index is 12.6. The molecule has 0 aliphatic heterocycles. The Hall–Kier alpha value is -4.27. The molecule has 0 fully saturated rings. The van der Waals surface area contributed by atoms with E-state index in [-0.39, 0.29) is 19.8 Å². The minimum Gasteiger partial charge on any atom is -0.449 e. The summed E-state index contributed by atoms with van der Waals surface area (Å²) in [5.41, 5.74) is 4.09. The fraction of sp³-hybridized carbons (Fsp3) is 0.208. The van der Waals surface area contributed by atoms with Gasteiger partial charge in [0, 0.05) is 10.8 Å². The molecule has 0 bridgehead atoms. The molecule has 9 nitrogen and oxygen atoms in total. The minimum absolute atomic E-state index is 0.116. The van der Waals surface area contributed by atoms with E-state index in [4.69, 9.17) is 14.2 Å². The highest BCUT2D eigenvalue weighted by atomic mass is 16.6. The van der Waals surface area contributed by atoms with Gasteiger partial charge >= 0.3 is 18.3 Å². The lowest BCUT2D eigenvalue weighted by Gasteiger charge is -2.24. The highest BCUT2D eigenvalue weighted by Crippen LogP contribution is 2.32. The van der Waals surface area contributed by atoms with Gasteiger partial charge in [-0.25, -0.2) is 19.8 Å². The van der Waals surface area contributed by atoms with Crippen molar-refractivity contribution in [3.8, 4) is 0 Å². The van der Waals surface area contributed by atoms with Crippen LogP contribution in [-0.2, 0) is 20.8 Å². The van der Waals surface area contributed by atoms with E-state index in [1.807, 2.05) is 30.3 Å². The first-order valence-corrected chi connectivity index (χ1v) is 10.4. The van der Waals surface area contributed by atoms with E-state index in [1.165, 1.54) is 0 Å². The first-order valence-electron chi connectivity index (χ1n) is 10.4. The molecule has 0 radical (unpaired) electrons. The zero-order chi connectivity index (χ0) is 23.6. The number of hydrogen-bond donors (Lipinski definition) is 2. The summed E-state index contributed by atoms with van der Waals surface area (Å²) in [5.74, 6) is 0. The lowest BCUT2D eigenvalue weighted by Crippen LogP contribution is -2.47. The van der Waals surface area contributed by atoms with Crippen LogP contribution in [-0.4, -0.2) is 31.5 Å². The number of anilines is 2. The molecule has 0 aliphatic carbocycles. The summed E-state index contributed by atoms with van der Waals surface area (Å²) in [7, 11) is 0. The highest BCUT2D eigenvalue weighted by Gasteiger charge is 2.23. The minimum atomic E-state index is -0.804. The Morgan fingerprint density at radius 3 is 2.12 bits per heavy atom. The van der Waals surface area contributed by atoms with Crippen LogP contribution < -0.4 is 15.8 Å². The molecule has 0 atom stereocenters. The first-order chi connectivity index (χ1) is 16.0. The van der Waals surface area contributed by atoms with Gasteiger partial charge in [-0.3, -0.25) is 5.32 Å². The fourth-order valence-corrected chi connectivity index (χ4v) is 3.10. The Morgan fingerprint density at radius 2 is 1.42 bits per heavy atom. The molecule has 0 spiro atoms. The fourth-order valence-electron chi connectivity index (χ4n) is 3.10. The number of carbonyl (C=O) groups excluding carboxylic acids is 3. The lowest BCUT2D eigenvalue weighted by atomic mass is 10.1. The molecule has 3 amide bonds. The van der Waals surface area contributed by atoms with Gasteiger partial charge in [0.1, 0.15) is 6.61 Å². The van der Waals surface area contributed by atoms with Crippen LogP contribution in [0.3, 0.4) is 0 Å². The van der Waals surface area contributed by atoms with Gasteiger partial charge in [-0.15, -0.1) is 0 Å². The van der Waals surface area contributed by atoms with Crippen molar-refractivity contribution in [2.24, 2.45) is 0 Å². The van der Waals surface area contributed by atoms with Crippen molar-refractivity contribution in [3.05, 3.63) is 72.3 Å². The summed E-state index contributed by atoms with van der Waals surface area (Å²) in [4.78, 5) is 36.9. The van der Waals surface area contributed by atoms with Gasteiger partial charge in [0.15, 0.2) is 0 Å². The van der Waals surface area contributed by atoms with E-state index in [0.717, 1.165) is 10.6 Å². The topological polar surface area (TPSA) is 106 Å². The lowest BCUT2D eigenvalue weighted by molar-refractivity contribution is 0.139. The number of benzene rings is 3. The van der Waals surface area contributed by atoms with Gasteiger partial charge in [-0.1, -0.05) is 54.6 Å². The Labute approximate surface area is 191 Å². The third-order valence-corrected chi connectivity index (χ3v) is 4.52. The third kappa shape index (κ3) is 6.13. The van der Waals surface area contributed by atoms with Gasteiger partial charge in [0.25, 0.3) is 0 Å². The molecule has 3 rings (SSSR count). The molecule has 0 unspecified atom stereocenters. The van der Waals surface area contributed by atoms with Crippen molar-refractivity contribution >= 4 is 40.4 Å². The maximum absolute atomic E-state index is 12.6. The predicted molar refractivity (Wildman–Crippen MR) is 124 cm³/mol. The van der Waals surface area contributed by atoms with Crippen molar-refractivity contribution in [1.82, 2.24) is 5.43 Å². The monoisotopic (exact) mass is 451 g/mol. The molecular formula is C24H25N3O6. The molecule has 0 saturated heterocycles. The molecular weight excluding hydrogens is 426 g/mol. The zero-order valence-electron chi connectivity index (χ0n) is 18.4. The van der Waals surface area contributed by atoms with Gasteiger partial charge in [-0.2, -0.15) is 5.01 Å². The largest absolute Gasteiger partial charge is 0.449 e. The normalized spacial score (nSPS) is 10.2. The van der Waals surface area contributed by atoms with Crippen molar-refractivity contribution in [1.29, 1.82) is 0 Å². The van der Waals surface area contributed by atoms with E-state index in [0.29, 0.717) is 22.1 Å². The Morgan fingerprint density at radius 1 is 0.758 bits per heavy atom. The van der Waals surface area contributed by atoms with Crippen LogP contribution in [0.15, 0.2) is 66.7 Å². The second kappa shape index (κ2) is 11.4. The number of nitrogens with one attached hydrogen (secondary N) is 2. The number of nitrogens with zero attached hydrogens (tertiary/aromatic N) is 1. The molecule has 0 saturated carbocycles. The quantitative estimate of drug-likeness (QED) is 0.394. The summed E-state index contributed by atoms with van der Waals surface area (Å²) in [6, 6.07) is 19.6. The van der Waals surface area contributed by atoms with Gasteiger partial charge in [0.05, 0.1) is 24.6 Å². The predicted octanol–water partition coefficient (Wildman–Crippen LogP) is 5.21. The zero-order valence-corrected chi connectivity index (χ0v) is 18.4. The molecule has 3 aromatic carbocycles. The van der Waals surface area contributed by atoms with E-state index >= 15 is 0 Å². The molecule has 0 heterocycles. The van der Waals surface area contributed by atoms with E-state index in [1.54, 1.807) is 50.2 Å². The summed E-state index contributed by atoms with van der Waals surface area (Å²) in [6.45, 7) is 3.69. The number of fused-ring (bicyclic) bond motifs is 1. The van der Waals surface area contributed by atoms with Gasteiger partial charge in [0.2, 0.25) is 0 Å². The Balaban J connectivity index is 1.87. The Bertz CT molecular complexity index is 1120. The average Bonchev–Trinajstić information content (AvgIpc) is 2.83. The third-order valence-electron chi connectivity index (χ3n) is 4.52. The molecule has 0 aromatic heterocycles. The number of carbonyl (C=O) groups is 3. The van der Waals surface area contributed by atoms with Crippen molar-refractivity contribution in [2.75, 3.05) is 23.5 Å². The van der Waals surface area contributed by atoms with Crippen LogP contribution in [0.1, 0.15) is 19.4 Å². The molecule has 172 valence electrons. The molecule has 0 aliphatic rings. The molecule has 33 heavy (non-hydrogen) atoms. The number of amides is 3. The average molecular weight is 451 g/mol. The number of hydrazine groups is 1. The van der Waals surface area contributed by atoms with Crippen molar-refractivity contribution in [3.63, 3.8) is 0 Å². The summed E-state index contributed by atoms with van der Waals surface area (Å²) < 4.78 is 15.3. The van der Waals surface area contributed by atoms with Crippen LogP contribution in [0.2, 0.25) is 0 Å². The van der Waals surface area contributed by atoms with Crippen molar-refractivity contribution in [2.45, 2.75) is 20.5 Å². The summed E-state index contributed by atoms with van der Waals surface area (Å²) in [6.07, 6.45) is -2.20. The van der Waals surface area contributed by atoms with Crippen LogP contribution >= 0.6 is 0 Å². The number of hydrogen-bond acceptors (Lipinski definition) is 6. The van der Waals surface area contributed by atoms with Crippen LogP contribution in [0.25, 0.3) is 10.8 Å². The number of rotatable bonds is 6. The molecule has 2 N–H and O–H groups in total. The summed E-state index contributed by atoms with van der Waals surface area (Å²) >= 11 is 0. The summed E-state index contributed by atoms with van der Waals surface area (Å²) in [5, 5.41) is 4.92. The standard InChI is InChI=1S/C24H25N3O6/c1-3-31-23(29)26-27(24(30)32-4-2)21-15-14-20(18-12-8-9-13-19(18)21)25-22(28)33-16-17-10-6-5-7-11-17/h5-15H,3-4,16H2,1-2H3,(H,25,28)(H,26,29). The van der Waals surface area contributed by atoms with E-state index in [9.17, 15) is 14.4 Å². The molecule has 9 heteroatoms. The first kappa shape index (κ1) is 23.4. The smallest absolute Gasteiger partial charge is 0.433 e.